The first-order chi connectivity index (χ1) is 14.4. The maximum atomic E-state index is 12.9. The van der Waals surface area contributed by atoms with E-state index in [4.69, 9.17) is 4.74 Å². The van der Waals surface area contributed by atoms with Gasteiger partial charge in [0.1, 0.15) is 17.0 Å². The molecule has 0 aliphatic heterocycles. The normalized spacial score (nSPS) is 10.9. The molecule has 7 heteroatoms. The van der Waals surface area contributed by atoms with E-state index in [1.807, 2.05) is 62.4 Å². The molecule has 152 valence electrons. The van der Waals surface area contributed by atoms with Gasteiger partial charge in [0.25, 0.3) is 5.56 Å². The van der Waals surface area contributed by atoms with Crippen LogP contribution in [0.1, 0.15) is 11.1 Å². The van der Waals surface area contributed by atoms with E-state index in [0.29, 0.717) is 10.2 Å². The van der Waals surface area contributed by atoms with E-state index in [1.54, 1.807) is 7.11 Å². The van der Waals surface area contributed by atoms with Crippen LogP contribution in [-0.2, 0) is 11.3 Å². The maximum Gasteiger partial charge on any atom is 0.271 e. The highest BCUT2D eigenvalue weighted by Crippen LogP contribution is 2.31. The molecule has 0 saturated carbocycles. The Morgan fingerprint density at radius 3 is 2.63 bits per heavy atom. The Kier molecular flexibility index (Phi) is 5.37. The lowest BCUT2D eigenvalue weighted by Crippen LogP contribution is -2.27. The van der Waals surface area contributed by atoms with Crippen LogP contribution in [0, 0.1) is 13.8 Å². The first-order valence-electron chi connectivity index (χ1n) is 9.45. The average Bonchev–Trinajstić information content (AvgIpc) is 3.18. The van der Waals surface area contributed by atoms with Gasteiger partial charge in [0.05, 0.1) is 19.0 Å². The van der Waals surface area contributed by atoms with Crippen molar-refractivity contribution in [3.05, 3.63) is 76.3 Å². The van der Waals surface area contributed by atoms with Crippen molar-refractivity contribution in [3.63, 3.8) is 0 Å². The van der Waals surface area contributed by atoms with Gasteiger partial charge in [-0.05, 0) is 66.9 Å². The van der Waals surface area contributed by atoms with Crippen LogP contribution in [0.5, 0.6) is 5.75 Å². The molecule has 2 aromatic carbocycles. The molecule has 0 unspecified atom stereocenters. The number of benzene rings is 2. The molecule has 1 N–H and O–H groups in total. The zero-order valence-corrected chi connectivity index (χ0v) is 17.7. The van der Waals surface area contributed by atoms with Gasteiger partial charge in [-0.2, -0.15) is 0 Å². The van der Waals surface area contributed by atoms with E-state index in [0.717, 1.165) is 33.0 Å². The smallest absolute Gasteiger partial charge is 0.271 e. The van der Waals surface area contributed by atoms with E-state index < -0.39 is 0 Å². The molecule has 0 saturated heterocycles. The van der Waals surface area contributed by atoms with Gasteiger partial charge in [-0.3, -0.25) is 14.2 Å². The molecule has 2 aromatic heterocycles. The number of anilines is 1. The molecule has 1 amide bonds. The summed E-state index contributed by atoms with van der Waals surface area (Å²) in [5, 5.41) is 2.88. The van der Waals surface area contributed by atoms with Crippen LogP contribution in [0.25, 0.3) is 20.7 Å². The van der Waals surface area contributed by atoms with Gasteiger partial charge in [0, 0.05) is 10.6 Å². The van der Waals surface area contributed by atoms with Crippen molar-refractivity contribution in [2.45, 2.75) is 20.4 Å². The number of amides is 1. The number of thiophene rings is 1. The highest BCUT2D eigenvalue weighted by Gasteiger charge is 2.13. The molecular weight excluding hydrogens is 398 g/mol. The number of carbonyl (C=O) groups is 1. The summed E-state index contributed by atoms with van der Waals surface area (Å²) in [4.78, 5) is 30.8. The van der Waals surface area contributed by atoms with E-state index >= 15 is 0 Å². The quantitative estimate of drug-likeness (QED) is 0.521. The molecule has 4 aromatic rings. The molecule has 0 fully saturated rings. The van der Waals surface area contributed by atoms with Crippen molar-refractivity contribution < 1.29 is 9.53 Å². The molecular formula is C23H21N3O3S. The van der Waals surface area contributed by atoms with Crippen molar-refractivity contribution >= 4 is 33.1 Å². The number of methoxy groups -OCH3 is 1. The van der Waals surface area contributed by atoms with Gasteiger partial charge in [-0.1, -0.05) is 12.1 Å². The summed E-state index contributed by atoms with van der Waals surface area (Å²) in [5.41, 5.74) is 4.17. The van der Waals surface area contributed by atoms with Gasteiger partial charge in [-0.15, -0.1) is 11.3 Å². The van der Waals surface area contributed by atoms with Crippen molar-refractivity contribution in [1.29, 1.82) is 0 Å². The Bertz CT molecular complexity index is 1290. The summed E-state index contributed by atoms with van der Waals surface area (Å²) < 4.78 is 7.07. The number of rotatable bonds is 5. The van der Waals surface area contributed by atoms with Crippen molar-refractivity contribution in [1.82, 2.24) is 9.55 Å². The molecule has 6 nitrogen and oxygen atoms in total. The second-order valence-electron chi connectivity index (χ2n) is 7.10. The number of nitrogens with zero attached hydrogens (tertiary/aromatic N) is 2. The fraction of sp³-hybridized carbons (Fsp3) is 0.174. The van der Waals surface area contributed by atoms with Gasteiger partial charge in [0.2, 0.25) is 5.91 Å². The number of carbonyl (C=O) groups excluding carboxylic acids is 1. The standard InChI is InChI=1S/C23H21N3O3S/c1-14-4-5-15(2)18(10-14)25-21(27)12-26-13-24-19-11-20(30-22(19)23(26)28)16-6-8-17(29-3)9-7-16/h4-11,13H,12H2,1-3H3,(H,25,27). The molecule has 0 atom stereocenters. The summed E-state index contributed by atoms with van der Waals surface area (Å²) >= 11 is 1.37. The molecule has 30 heavy (non-hydrogen) atoms. The summed E-state index contributed by atoms with van der Waals surface area (Å²) in [6.07, 6.45) is 1.43. The topological polar surface area (TPSA) is 73.2 Å². The lowest BCUT2D eigenvalue weighted by Gasteiger charge is -2.10. The molecule has 0 bridgehead atoms. The lowest BCUT2D eigenvalue weighted by atomic mass is 10.1. The van der Waals surface area contributed by atoms with Crippen LogP contribution in [0.2, 0.25) is 0 Å². The summed E-state index contributed by atoms with van der Waals surface area (Å²) in [6, 6.07) is 15.4. The third-order valence-corrected chi connectivity index (χ3v) is 6.02. The SMILES string of the molecule is COc1ccc(-c2cc3ncn(CC(=O)Nc4cc(C)ccc4C)c(=O)c3s2)cc1. The average molecular weight is 420 g/mol. The summed E-state index contributed by atoms with van der Waals surface area (Å²) in [6.45, 7) is 3.81. The van der Waals surface area contributed by atoms with E-state index in [2.05, 4.69) is 10.3 Å². The fourth-order valence-corrected chi connectivity index (χ4v) is 4.24. The van der Waals surface area contributed by atoms with Crippen LogP contribution in [0.15, 0.2) is 59.7 Å². The monoisotopic (exact) mass is 419 g/mol. The molecule has 0 aliphatic carbocycles. The summed E-state index contributed by atoms with van der Waals surface area (Å²) in [5.74, 6) is 0.508. The Hall–Kier alpha value is -3.45. The van der Waals surface area contributed by atoms with Crippen molar-refractivity contribution in [2.75, 3.05) is 12.4 Å². The number of aryl methyl sites for hydroxylation is 2. The first-order valence-corrected chi connectivity index (χ1v) is 10.3. The zero-order valence-electron chi connectivity index (χ0n) is 16.9. The number of nitrogens with one attached hydrogen (secondary N) is 1. The third-order valence-electron chi connectivity index (χ3n) is 4.86. The van der Waals surface area contributed by atoms with Gasteiger partial charge in [-0.25, -0.2) is 4.98 Å². The highest BCUT2D eigenvalue weighted by molar-refractivity contribution is 7.22. The highest BCUT2D eigenvalue weighted by atomic mass is 32.1. The number of hydrogen-bond acceptors (Lipinski definition) is 5. The molecule has 2 heterocycles. The van der Waals surface area contributed by atoms with Crippen LogP contribution < -0.4 is 15.6 Å². The number of fused-ring (bicyclic) bond motifs is 1. The maximum absolute atomic E-state index is 12.9. The summed E-state index contributed by atoms with van der Waals surface area (Å²) in [7, 11) is 1.62. The van der Waals surface area contributed by atoms with Crippen molar-refractivity contribution in [3.8, 4) is 16.2 Å². The van der Waals surface area contributed by atoms with E-state index in [-0.39, 0.29) is 18.0 Å². The first kappa shape index (κ1) is 19.8. The predicted molar refractivity (Wildman–Crippen MR) is 120 cm³/mol. The predicted octanol–water partition coefficient (Wildman–Crippen LogP) is 4.39. The minimum Gasteiger partial charge on any atom is -0.497 e. The minimum atomic E-state index is -0.265. The third kappa shape index (κ3) is 3.97. The van der Waals surface area contributed by atoms with Gasteiger partial charge >= 0.3 is 0 Å². The Labute approximate surface area is 177 Å². The van der Waals surface area contributed by atoms with E-state index in [1.165, 1.54) is 22.2 Å². The number of ether oxygens (including phenoxy) is 1. The van der Waals surface area contributed by atoms with E-state index in [9.17, 15) is 9.59 Å². The number of aromatic nitrogens is 2. The molecule has 0 radical (unpaired) electrons. The molecule has 4 rings (SSSR count). The number of hydrogen-bond donors (Lipinski definition) is 1. The van der Waals surface area contributed by atoms with Crippen LogP contribution in [0.3, 0.4) is 0 Å². The minimum absolute atomic E-state index is 0.0923. The molecule has 0 aliphatic rings. The van der Waals surface area contributed by atoms with Gasteiger partial charge in [0.15, 0.2) is 0 Å². The second kappa shape index (κ2) is 8.12. The Balaban J connectivity index is 1.59. The van der Waals surface area contributed by atoms with Crippen LogP contribution in [-0.4, -0.2) is 22.6 Å². The largest absolute Gasteiger partial charge is 0.497 e. The second-order valence-corrected chi connectivity index (χ2v) is 8.15. The molecule has 0 spiro atoms. The lowest BCUT2D eigenvalue weighted by molar-refractivity contribution is -0.116. The van der Waals surface area contributed by atoms with Gasteiger partial charge < -0.3 is 10.1 Å². The van der Waals surface area contributed by atoms with Crippen LogP contribution >= 0.6 is 11.3 Å². The van der Waals surface area contributed by atoms with Crippen LogP contribution in [0.4, 0.5) is 5.69 Å². The Morgan fingerprint density at radius 2 is 1.90 bits per heavy atom. The fourth-order valence-electron chi connectivity index (χ4n) is 3.17. The van der Waals surface area contributed by atoms with Crippen molar-refractivity contribution in [2.24, 2.45) is 0 Å². The zero-order chi connectivity index (χ0) is 21.3. The Morgan fingerprint density at radius 1 is 1.13 bits per heavy atom.